The Morgan fingerprint density at radius 3 is 2.75 bits per heavy atom. The molecule has 0 radical (unpaired) electrons. The van der Waals surface area contributed by atoms with Crippen LogP contribution >= 0.6 is 15.9 Å². The molecule has 0 aliphatic carbocycles. The van der Waals surface area contributed by atoms with Crippen molar-refractivity contribution in [3.8, 4) is 0 Å². The number of hydrogen-bond acceptors (Lipinski definition) is 3. The highest BCUT2D eigenvalue weighted by Crippen LogP contribution is 2.21. The number of hydrogen-bond donors (Lipinski definition) is 1. The lowest BCUT2D eigenvalue weighted by atomic mass is 10.2. The van der Waals surface area contributed by atoms with Crippen LogP contribution in [0, 0.1) is 5.82 Å². The molecule has 0 bridgehead atoms. The maximum Gasteiger partial charge on any atom is 0.414 e. The fourth-order valence-corrected chi connectivity index (χ4v) is 2.91. The van der Waals surface area contributed by atoms with E-state index >= 15 is 0 Å². The molecule has 0 spiro atoms. The number of para-hydroxylation sites is 1. The van der Waals surface area contributed by atoms with Gasteiger partial charge in [0.1, 0.15) is 11.9 Å². The Morgan fingerprint density at radius 1 is 1.29 bits per heavy atom. The molecule has 0 aromatic heterocycles. The number of anilines is 1. The molecule has 3 rings (SSSR count). The lowest BCUT2D eigenvalue weighted by Crippen LogP contribution is -2.34. The predicted octanol–water partition coefficient (Wildman–Crippen LogP) is 3.34. The van der Waals surface area contributed by atoms with E-state index in [2.05, 4.69) is 21.2 Å². The van der Waals surface area contributed by atoms with Crippen molar-refractivity contribution in [2.45, 2.75) is 6.10 Å². The average Bonchev–Trinajstić information content (AvgIpc) is 2.93. The second kappa shape index (κ2) is 7.00. The first-order valence-corrected chi connectivity index (χ1v) is 8.10. The summed E-state index contributed by atoms with van der Waals surface area (Å²) < 4.78 is 19.1. The van der Waals surface area contributed by atoms with Crippen molar-refractivity contribution in [1.82, 2.24) is 5.32 Å². The van der Waals surface area contributed by atoms with E-state index in [4.69, 9.17) is 4.74 Å². The zero-order valence-corrected chi connectivity index (χ0v) is 14.1. The van der Waals surface area contributed by atoms with Gasteiger partial charge < -0.3 is 10.1 Å². The van der Waals surface area contributed by atoms with E-state index in [0.717, 1.165) is 11.8 Å². The van der Waals surface area contributed by atoms with E-state index in [0.29, 0.717) is 11.0 Å². The largest absolute Gasteiger partial charge is 0.442 e. The van der Waals surface area contributed by atoms with Crippen molar-refractivity contribution in [3.05, 3.63) is 64.4 Å². The van der Waals surface area contributed by atoms with Crippen LogP contribution in [0.3, 0.4) is 0 Å². The first-order chi connectivity index (χ1) is 11.5. The monoisotopic (exact) mass is 392 g/mol. The number of halogens is 2. The quantitative estimate of drug-likeness (QED) is 0.867. The van der Waals surface area contributed by atoms with Crippen LogP contribution in [-0.2, 0) is 4.74 Å². The number of carbonyl (C=O) groups excluding carboxylic acids is 2. The van der Waals surface area contributed by atoms with Crippen LogP contribution in [-0.4, -0.2) is 31.2 Å². The highest BCUT2D eigenvalue weighted by atomic mass is 79.9. The zero-order chi connectivity index (χ0) is 17.1. The van der Waals surface area contributed by atoms with Crippen molar-refractivity contribution in [2.75, 3.05) is 18.0 Å². The smallest absolute Gasteiger partial charge is 0.414 e. The predicted molar refractivity (Wildman–Crippen MR) is 90.5 cm³/mol. The van der Waals surface area contributed by atoms with Crippen LogP contribution in [0.4, 0.5) is 14.9 Å². The molecule has 1 unspecified atom stereocenters. The van der Waals surface area contributed by atoms with Crippen molar-refractivity contribution in [1.29, 1.82) is 0 Å². The third-order valence-electron chi connectivity index (χ3n) is 3.56. The maximum atomic E-state index is 13.3. The van der Waals surface area contributed by atoms with Gasteiger partial charge in [0, 0.05) is 15.7 Å². The first-order valence-electron chi connectivity index (χ1n) is 7.30. The van der Waals surface area contributed by atoms with Gasteiger partial charge >= 0.3 is 6.09 Å². The molecule has 1 heterocycles. The molecular weight excluding hydrogens is 379 g/mol. The molecular formula is C17H14BrFN2O3. The van der Waals surface area contributed by atoms with Crippen molar-refractivity contribution in [2.24, 2.45) is 0 Å². The molecule has 124 valence electrons. The van der Waals surface area contributed by atoms with E-state index in [9.17, 15) is 14.0 Å². The Hall–Kier alpha value is -2.41. The summed E-state index contributed by atoms with van der Waals surface area (Å²) in [5.74, 6) is -0.929. The SMILES string of the molecule is O=C(NCC1CN(c2ccccc2)C(=O)O1)c1cc(F)cc(Br)c1. The number of ether oxygens (including phenoxy) is 1. The molecule has 24 heavy (non-hydrogen) atoms. The van der Waals surface area contributed by atoms with Gasteiger partial charge in [0.2, 0.25) is 0 Å². The summed E-state index contributed by atoms with van der Waals surface area (Å²) >= 11 is 3.14. The van der Waals surface area contributed by atoms with E-state index in [1.807, 2.05) is 30.3 Å². The third kappa shape index (κ3) is 3.73. The number of nitrogens with zero attached hydrogens (tertiary/aromatic N) is 1. The number of carbonyl (C=O) groups is 2. The molecule has 7 heteroatoms. The molecule has 1 fully saturated rings. The Balaban J connectivity index is 1.59. The number of cyclic esters (lactones) is 1. The summed E-state index contributed by atoms with van der Waals surface area (Å²) in [6.45, 7) is 0.498. The molecule has 1 aliphatic rings. The van der Waals surface area contributed by atoms with Gasteiger partial charge in [0.05, 0.1) is 13.1 Å². The Morgan fingerprint density at radius 2 is 2.04 bits per heavy atom. The average molecular weight is 393 g/mol. The molecule has 1 aliphatic heterocycles. The van der Waals surface area contributed by atoms with E-state index < -0.39 is 23.9 Å². The molecule has 0 saturated carbocycles. The van der Waals surface area contributed by atoms with Crippen LogP contribution in [0.1, 0.15) is 10.4 Å². The summed E-state index contributed by atoms with van der Waals surface area (Å²) in [7, 11) is 0. The lowest BCUT2D eigenvalue weighted by molar-refractivity contribution is 0.0915. The highest BCUT2D eigenvalue weighted by Gasteiger charge is 2.32. The maximum absolute atomic E-state index is 13.3. The van der Waals surface area contributed by atoms with E-state index in [1.54, 1.807) is 0 Å². The molecule has 1 atom stereocenters. The summed E-state index contributed by atoms with van der Waals surface area (Å²) in [6, 6.07) is 13.1. The highest BCUT2D eigenvalue weighted by molar-refractivity contribution is 9.10. The zero-order valence-electron chi connectivity index (χ0n) is 12.5. The van der Waals surface area contributed by atoms with Crippen molar-refractivity contribution < 1.29 is 18.7 Å². The van der Waals surface area contributed by atoms with E-state index in [1.165, 1.54) is 17.0 Å². The number of nitrogens with one attached hydrogen (secondary N) is 1. The number of benzene rings is 2. The topological polar surface area (TPSA) is 58.6 Å². The summed E-state index contributed by atoms with van der Waals surface area (Å²) in [6.07, 6.45) is -0.910. The van der Waals surface area contributed by atoms with Gasteiger partial charge in [0.15, 0.2) is 0 Å². The van der Waals surface area contributed by atoms with Crippen molar-refractivity contribution >= 4 is 33.6 Å². The summed E-state index contributed by atoms with van der Waals surface area (Å²) in [5.41, 5.74) is 0.941. The normalized spacial score (nSPS) is 16.8. The fraction of sp³-hybridized carbons (Fsp3) is 0.176. The van der Waals surface area contributed by atoms with Crippen LogP contribution in [0.25, 0.3) is 0 Å². The summed E-state index contributed by atoms with van der Waals surface area (Å²) in [5, 5.41) is 2.66. The first kappa shape index (κ1) is 16.4. The second-order valence-electron chi connectivity index (χ2n) is 5.32. The Bertz CT molecular complexity index is 749. The second-order valence-corrected chi connectivity index (χ2v) is 6.24. The van der Waals surface area contributed by atoms with Gasteiger partial charge in [-0.2, -0.15) is 0 Å². The van der Waals surface area contributed by atoms with Gasteiger partial charge in [-0.15, -0.1) is 0 Å². The van der Waals surface area contributed by atoms with Gasteiger partial charge in [-0.3, -0.25) is 9.69 Å². The van der Waals surface area contributed by atoms with Crippen LogP contribution in [0.15, 0.2) is 53.0 Å². The minimum atomic E-state index is -0.503. The standard InChI is InChI=1S/C17H14BrFN2O3/c18-12-6-11(7-13(19)8-12)16(22)20-9-15-10-21(17(23)24-15)14-4-2-1-3-5-14/h1-8,15H,9-10H2,(H,20,22). The minimum Gasteiger partial charge on any atom is -0.442 e. The molecule has 5 nitrogen and oxygen atoms in total. The Labute approximate surface area is 146 Å². The van der Waals surface area contributed by atoms with Gasteiger partial charge in [-0.25, -0.2) is 9.18 Å². The molecule has 1 N–H and O–H groups in total. The minimum absolute atomic E-state index is 0.155. The van der Waals surface area contributed by atoms with Gasteiger partial charge in [-0.05, 0) is 30.3 Å². The molecule has 2 amide bonds. The Kier molecular flexibility index (Phi) is 4.80. The van der Waals surface area contributed by atoms with Gasteiger partial charge in [0.25, 0.3) is 5.91 Å². The van der Waals surface area contributed by atoms with Crippen LogP contribution in [0.2, 0.25) is 0 Å². The van der Waals surface area contributed by atoms with E-state index in [-0.39, 0.29) is 12.1 Å². The van der Waals surface area contributed by atoms with Crippen molar-refractivity contribution in [3.63, 3.8) is 0 Å². The molecule has 1 saturated heterocycles. The fourth-order valence-electron chi connectivity index (χ4n) is 2.44. The lowest BCUT2D eigenvalue weighted by Gasteiger charge is -2.12. The van der Waals surface area contributed by atoms with Gasteiger partial charge in [-0.1, -0.05) is 34.1 Å². The third-order valence-corrected chi connectivity index (χ3v) is 4.01. The number of rotatable bonds is 4. The molecule has 2 aromatic rings. The molecule has 2 aromatic carbocycles. The number of amides is 2. The summed E-state index contributed by atoms with van der Waals surface area (Å²) in [4.78, 5) is 25.5. The van der Waals surface area contributed by atoms with Crippen LogP contribution in [0.5, 0.6) is 0 Å². The van der Waals surface area contributed by atoms with Crippen LogP contribution < -0.4 is 10.2 Å².